The Hall–Kier alpha value is -1.59. The van der Waals surface area contributed by atoms with Crippen molar-refractivity contribution in [3.05, 3.63) is 51.7 Å². The van der Waals surface area contributed by atoms with Crippen LogP contribution in [0.1, 0.15) is 10.5 Å². The number of hydrogen-bond donors (Lipinski definition) is 1. The Balaban J connectivity index is 2.34. The van der Waals surface area contributed by atoms with Crippen LogP contribution in [0.5, 0.6) is 0 Å². The molecule has 4 nitrogen and oxygen atoms in total. The lowest BCUT2D eigenvalue weighted by Crippen LogP contribution is -2.18. The number of amides is 1. The predicted octanol–water partition coefficient (Wildman–Crippen LogP) is 3.82. The van der Waals surface area contributed by atoms with E-state index in [0.717, 1.165) is 5.69 Å². The number of nitrogens with one attached hydrogen (secondary N) is 1. The van der Waals surface area contributed by atoms with Gasteiger partial charge in [-0.2, -0.15) is 0 Å². The molecule has 0 radical (unpaired) electrons. The predicted molar refractivity (Wildman–Crippen MR) is 85.7 cm³/mol. The van der Waals surface area contributed by atoms with Crippen LogP contribution < -0.4 is 10.2 Å². The zero-order valence-electron chi connectivity index (χ0n) is 11.0. The van der Waals surface area contributed by atoms with E-state index in [2.05, 4.69) is 26.2 Å². The SMILES string of the molecule is CN(C)c1c(Cl)cccc1NC(=O)c1ncccc1Br. The summed E-state index contributed by atoms with van der Waals surface area (Å²) in [5.74, 6) is -0.289. The topological polar surface area (TPSA) is 45.2 Å². The number of rotatable bonds is 3. The zero-order valence-corrected chi connectivity index (χ0v) is 13.4. The van der Waals surface area contributed by atoms with Crippen LogP contribution >= 0.6 is 27.5 Å². The number of benzene rings is 1. The van der Waals surface area contributed by atoms with Crippen LogP contribution in [0.15, 0.2) is 41.0 Å². The van der Waals surface area contributed by atoms with Crippen LogP contribution in [0.4, 0.5) is 11.4 Å². The normalized spacial score (nSPS) is 10.2. The monoisotopic (exact) mass is 353 g/mol. The van der Waals surface area contributed by atoms with E-state index in [9.17, 15) is 4.79 Å². The van der Waals surface area contributed by atoms with Gasteiger partial charge in [0.1, 0.15) is 5.69 Å². The average molecular weight is 355 g/mol. The summed E-state index contributed by atoms with van der Waals surface area (Å²) in [6.07, 6.45) is 1.57. The van der Waals surface area contributed by atoms with Gasteiger partial charge in [0, 0.05) is 24.8 Å². The minimum absolute atomic E-state index is 0.289. The Morgan fingerprint density at radius 2 is 2.05 bits per heavy atom. The van der Waals surface area contributed by atoms with Gasteiger partial charge in [0.25, 0.3) is 5.91 Å². The molecular formula is C14H13BrClN3O. The third kappa shape index (κ3) is 3.11. The number of para-hydroxylation sites is 1. The van der Waals surface area contributed by atoms with Crippen molar-refractivity contribution >= 4 is 44.8 Å². The van der Waals surface area contributed by atoms with E-state index < -0.39 is 0 Å². The van der Waals surface area contributed by atoms with Crippen molar-refractivity contribution in [3.8, 4) is 0 Å². The summed E-state index contributed by atoms with van der Waals surface area (Å²) < 4.78 is 0.644. The maximum Gasteiger partial charge on any atom is 0.275 e. The van der Waals surface area contributed by atoms with Crippen molar-refractivity contribution in [3.63, 3.8) is 0 Å². The van der Waals surface area contributed by atoms with Crippen LogP contribution in [-0.4, -0.2) is 25.0 Å². The number of nitrogens with zero attached hydrogens (tertiary/aromatic N) is 2. The van der Waals surface area contributed by atoms with Crippen molar-refractivity contribution in [2.24, 2.45) is 0 Å². The van der Waals surface area contributed by atoms with E-state index >= 15 is 0 Å². The molecular weight excluding hydrogens is 342 g/mol. The Bertz CT molecular complexity index is 646. The molecule has 1 N–H and O–H groups in total. The Labute approximate surface area is 130 Å². The number of pyridine rings is 1. The minimum Gasteiger partial charge on any atom is -0.375 e. The quantitative estimate of drug-likeness (QED) is 0.911. The molecule has 1 aromatic heterocycles. The molecule has 0 aliphatic rings. The molecule has 1 aromatic carbocycles. The Kier molecular flexibility index (Phi) is 4.62. The molecule has 1 heterocycles. The van der Waals surface area contributed by atoms with E-state index in [-0.39, 0.29) is 5.91 Å². The lowest BCUT2D eigenvalue weighted by Gasteiger charge is -2.19. The smallest absolute Gasteiger partial charge is 0.275 e. The Morgan fingerprint density at radius 1 is 1.30 bits per heavy atom. The van der Waals surface area contributed by atoms with E-state index in [1.165, 1.54) is 0 Å². The van der Waals surface area contributed by atoms with Gasteiger partial charge < -0.3 is 10.2 Å². The minimum atomic E-state index is -0.289. The van der Waals surface area contributed by atoms with E-state index in [1.807, 2.05) is 19.0 Å². The van der Waals surface area contributed by atoms with Crippen LogP contribution in [0.2, 0.25) is 5.02 Å². The molecule has 2 aromatic rings. The van der Waals surface area contributed by atoms with E-state index in [4.69, 9.17) is 11.6 Å². The molecule has 0 atom stereocenters. The molecule has 0 saturated heterocycles. The second-order valence-electron chi connectivity index (χ2n) is 4.32. The largest absolute Gasteiger partial charge is 0.375 e. The molecule has 104 valence electrons. The highest BCUT2D eigenvalue weighted by atomic mass is 79.9. The summed E-state index contributed by atoms with van der Waals surface area (Å²) in [5, 5.41) is 3.41. The molecule has 6 heteroatoms. The first-order valence-electron chi connectivity index (χ1n) is 5.88. The zero-order chi connectivity index (χ0) is 14.7. The summed E-state index contributed by atoms with van der Waals surface area (Å²) in [5.41, 5.74) is 1.73. The third-order valence-corrected chi connectivity index (χ3v) is 3.60. The number of halogens is 2. The number of anilines is 2. The summed E-state index contributed by atoms with van der Waals surface area (Å²) in [6.45, 7) is 0. The molecule has 0 spiro atoms. The van der Waals surface area contributed by atoms with Crippen LogP contribution in [0, 0.1) is 0 Å². The second kappa shape index (κ2) is 6.24. The summed E-state index contributed by atoms with van der Waals surface area (Å²) >= 11 is 9.48. The lowest BCUT2D eigenvalue weighted by molar-refractivity contribution is 0.102. The fourth-order valence-electron chi connectivity index (χ4n) is 1.81. The first-order chi connectivity index (χ1) is 9.50. The van der Waals surface area contributed by atoms with Gasteiger partial charge in [-0.25, -0.2) is 4.98 Å². The highest BCUT2D eigenvalue weighted by Crippen LogP contribution is 2.32. The van der Waals surface area contributed by atoms with Crippen LogP contribution in [-0.2, 0) is 0 Å². The number of hydrogen-bond acceptors (Lipinski definition) is 3. The standard InChI is InChI=1S/C14H13BrClN3O/c1-19(2)13-10(16)6-3-7-11(13)18-14(20)12-9(15)5-4-8-17-12/h3-8H,1-2H3,(H,18,20). The van der Waals surface area contributed by atoms with Crippen molar-refractivity contribution in [1.82, 2.24) is 4.98 Å². The van der Waals surface area contributed by atoms with Crippen molar-refractivity contribution in [2.75, 3.05) is 24.3 Å². The average Bonchev–Trinajstić information content (AvgIpc) is 2.38. The van der Waals surface area contributed by atoms with Gasteiger partial charge in [0.2, 0.25) is 0 Å². The molecule has 0 bridgehead atoms. The highest BCUT2D eigenvalue weighted by molar-refractivity contribution is 9.10. The molecule has 2 rings (SSSR count). The number of aromatic nitrogens is 1. The second-order valence-corrected chi connectivity index (χ2v) is 5.58. The van der Waals surface area contributed by atoms with Crippen LogP contribution in [0.25, 0.3) is 0 Å². The molecule has 0 unspecified atom stereocenters. The van der Waals surface area contributed by atoms with Gasteiger partial charge in [-0.1, -0.05) is 17.7 Å². The third-order valence-electron chi connectivity index (χ3n) is 2.66. The molecule has 1 amide bonds. The van der Waals surface area contributed by atoms with Gasteiger partial charge >= 0.3 is 0 Å². The summed E-state index contributed by atoms with van der Waals surface area (Å²) in [4.78, 5) is 18.2. The van der Waals surface area contributed by atoms with Gasteiger partial charge in [-0.3, -0.25) is 4.79 Å². The fourth-order valence-corrected chi connectivity index (χ4v) is 2.58. The molecule has 0 saturated carbocycles. The van der Waals surface area contributed by atoms with Gasteiger partial charge in [-0.15, -0.1) is 0 Å². The molecule has 0 aliphatic carbocycles. The summed E-state index contributed by atoms with van der Waals surface area (Å²) in [7, 11) is 3.74. The van der Waals surface area contributed by atoms with E-state index in [0.29, 0.717) is 20.9 Å². The van der Waals surface area contributed by atoms with Crippen molar-refractivity contribution in [2.45, 2.75) is 0 Å². The number of carbonyl (C=O) groups is 1. The van der Waals surface area contributed by atoms with Gasteiger partial charge in [-0.05, 0) is 40.2 Å². The molecule has 20 heavy (non-hydrogen) atoms. The van der Waals surface area contributed by atoms with Gasteiger partial charge in [0.05, 0.1) is 16.4 Å². The number of carbonyl (C=O) groups excluding carboxylic acids is 1. The summed E-state index contributed by atoms with van der Waals surface area (Å²) in [6, 6.07) is 8.90. The highest BCUT2D eigenvalue weighted by Gasteiger charge is 2.15. The van der Waals surface area contributed by atoms with Crippen molar-refractivity contribution < 1.29 is 4.79 Å². The first-order valence-corrected chi connectivity index (χ1v) is 7.05. The van der Waals surface area contributed by atoms with Gasteiger partial charge in [0.15, 0.2) is 0 Å². The molecule has 0 aliphatic heterocycles. The maximum atomic E-state index is 12.3. The van der Waals surface area contributed by atoms with E-state index in [1.54, 1.807) is 36.5 Å². The lowest BCUT2D eigenvalue weighted by atomic mass is 10.2. The Morgan fingerprint density at radius 3 is 2.70 bits per heavy atom. The van der Waals surface area contributed by atoms with Crippen molar-refractivity contribution in [1.29, 1.82) is 0 Å². The first kappa shape index (κ1) is 14.8. The molecule has 0 fully saturated rings. The fraction of sp³-hybridized carbons (Fsp3) is 0.143. The van der Waals surface area contributed by atoms with Crippen LogP contribution in [0.3, 0.4) is 0 Å². The maximum absolute atomic E-state index is 12.3.